The van der Waals surface area contributed by atoms with Crippen molar-refractivity contribution in [3.8, 4) is 0 Å². The molecule has 154 valence electrons. The number of carbonyl (C=O) groups is 2. The van der Waals surface area contributed by atoms with Crippen LogP contribution in [0, 0.1) is 11.8 Å². The van der Waals surface area contributed by atoms with Crippen LogP contribution in [0.1, 0.15) is 57.8 Å². The zero-order chi connectivity index (χ0) is 20.1. The van der Waals surface area contributed by atoms with Gasteiger partial charge in [0.25, 0.3) is 0 Å². The fraction of sp³-hybridized carbons (Fsp3) is 0.714. The summed E-state index contributed by atoms with van der Waals surface area (Å²) in [5, 5.41) is 28.9. The monoisotopic (exact) mass is 382 g/mol. The molecule has 1 fully saturated rings. The van der Waals surface area contributed by atoms with Gasteiger partial charge in [0.1, 0.15) is 5.78 Å². The summed E-state index contributed by atoms with van der Waals surface area (Å²) in [7, 11) is 1.37. The number of ether oxygens (including phenoxy) is 1. The minimum Gasteiger partial charge on any atom is -0.469 e. The molecule has 0 unspecified atom stereocenters. The molecule has 1 aliphatic rings. The van der Waals surface area contributed by atoms with Crippen molar-refractivity contribution in [2.24, 2.45) is 11.8 Å². The summed E-state index contributed by atoms with van der Waals surface area (Å²) in [6, 6.07) is 0. The highest BCUT2D eigenvalue weighted by Crippen LogP contribution is 2.33. The maximum atomic E-state index is 12.2. The van der Waals surface area contributed by atoms with Gasteiger partial charge in [0, 0.05) is 31.3 Å². The Bertz CT molecular complexity index is 499. The molecule has 1 saturated carbocycles. The largest absolute Gasteiger partial charge is 0.469 e. The number of aliphatic hydroxyl groups excluding tert-OH is 3. The molecule has 4 atom stereocenters. The Morgan fingerprint density at radius 1 is 1.26 bits per heavy atom. The number of esters is 1. The molecule has 6 heteroatoms. The van der Waals surface area contributed by atoms with Gasteiger partial charge in [0.15, 0.2) is 0 Å². The molecule has 0 aromatic rings. The lowest BCUT2D eigenvalue weighted by atomic mass is 9.90. The first-order valence-electron chi connectivity index (χ1n) is 9.89. The summed E-state index contributed by atoms with van der Waals surface area (Å²) in [5.41, 5.74) is 0. The van der Waals surface area contributed by atoms with Crippen molar-refractivity contribution in [2.45, 2.75) is 70.0 Å². The first kappa shape index (κ1) is 23.5. The van der Waals surface area contributed by atoms with Crippen LogP contribution in [-0.2, 0) is 14.3 Å². The van der Waals surface area contributed by atoms with E-state index in [0.29, 0.717) is 25.7 Å². The van der Waals surface area contributed by atoms with Crippen LogP contribution in [-0.4, -0.2) is 53.0 Å². The molecular formula is C21H34O6. The second-order valence-corrected chi connectivity index (χ2v) is 7.12. The smallest absolute Gasteiger partial charge is 0.305 e. The number of ketones is 1. The van der Waals surface area contributed by atoms with E-state index in [1.54, 1.807) is 12.2 Å². The molecule has 0 bridgehead atoms. The van der Waals surface area contributed by atoms with Gasteiger partial charge in [-0.3, -0.25) is 9.59 Å². The molecule has 0 spiro atoms. The minimum absolute atomic E-state index is 0.0498. The number of unbranched alkanes of at least 4 members (excludes halogenated alkanes) is 3. The summed E-state index contributed by atoms with van der Waals surface area (Å²) in [5.74, 6) is -0.717. The third-order valence-electron chi connectivity index (χ3n) is 4.98. The third-order valence-corrected chi connectivity index (χ3v) is 4.98. The van der Waals surface area contributed by atoms with Gasteiger partial charge in [-0.2, -0.15) is 0 Å². The van der Waals surface area contributed by atoms with E-state index < -0.39 is 12.2 Å². The Morgan fingerprint density at radius 3 is 2.74 bits per heavy atom. The summed E-state index contributed by atoms with van der Waals surface area (Å²) < 4.78 is 4.59. The van der Waals surface area contributed by atoms with Gasteiger partial charge in [-0.25, -0.2) is 0 Å². The number of aliphatic hydroxyl groups is 3. The highest BCUT2D eigenvalue weighted by molar-refractivity contribution is 5.84. The van der Waals surface area contributed by atoms with E-state index in [-0.39, 0.29) is 36.6 Å². The SMILES string of the molecule is COC(=O)CCC/C=C\C[C@H]1C(=O)C[C@@H](O)[C@@H]1/C=C/[C@@H](O)CCCCCO. The van der Waals surface area contributed by atoms with Gasteiger partial charge in [-0.05, 0) is 32.1 Å². The van der Waals surface area contributed by atoms with Crippen LogP contribution in [0.2, 0.25) is 0 Å². The normalized spacial score (nSPS) is 24.1. The highest BCUT2D eigenvalue weighted by Gasteiger charge is 2.39. The molecular weight excluding hydrogens is 348 g/mol. The molecule has 0 heterocycles. The third kappa shape index (κ3) is 9.31. The molecule has 0 aromatic carbocycles. The first-order valence-corrected chi connectivity index (χ1v) is 9.89. The molecule has 3 N–H and O–H groups in total. The molecule has 27 heavy (non-hydrogen) atoms. The topological polar surface area (TPSA) is 104 Å². The first-order chi connectivity index (χ1) is 13.0. The average Bonchev–Trinajstić information content (AvgIpc) is 2.92. The Morgan fingerprint density at radius 2 is 2.04 bits per heavy atom. The maximum absolute atomic E-state index is 12.2. The van der Waals surface area contributed by atoms with Crippen LogP contribution < -0.4 is 0 Å². The number of hydrogen-bond donors (Lipinski definition) is 3. The lowest BCUT2D eigenvalue weighted by Gasteiger charge is -2.16. The molecule has 1 rings (SSSR count). The van der Waals surface area contributed by atoms with Crippen molar-refractivity contribution >= 4 is 11.8 Å². The van der Waals surface area contributed by atoms with E-state index in [4.69, 9.17) is 5.11 Å². The molecule has 0 saturated heterocycles. The fourth-order valence-electron chi connectivity index (χ4n) is 3.35. The number of allylic oxidation sites excluding steroid dienone is 2. The Labute approximate surface area is 161 Å². The van der Waals surface area contributed by atoms with E-state index in [2.05, 4.69) is 4.74 Å². The molecule has 0 radical (unpaired) electrons. The van der Waals surface area contributed by atoms with E-state index in [0.717, 1.165) is 25.7 Å². The summed E-state index contributed by atoms with van der Waals surface area (Å²) in [4.78, 5) is 23.2. The van der Waals surface area contributed by atoms with Crippen LogP contribution in [0.3, 0.4) is 0 Å². The van der Waals surface area contributed by atoms with Crippen molar-refractivity contribution in [2.75, 3.05) is 13.7 Å². The lowest BCUT2D eigenvalue weighted by molar-refractivity contribution is -0.140. The molecule has 0 amide bonds. The lowest BCUT2D eigenvalue weighted by Crippen LogP contribution is -2.18. The van der Waals surface area contributed by atoms with Gasteiger partial charge < -0.3 is 20.1 Å². The van der Waals surface area contributed by atoms with E-state index in [9.17, 15) is 19.8 Å². The number of Topliss-reactive ketones (excluding diaryl/α,β-unsaturated/α-hetero) is 1. The molecule has 6 nitrogen and oxygen atoms in total. The quantitative estimate of drug-likeness (QED) is 0.257. The van der Waals surface area contributed by atoms with Crippen molar-refractivity contribution in [3.05, 3.63) is 24.3 Å². The van der Waals surface area contributed by atoms with Crippen LogP contribution in [0.25, 0.3) is 0 Å². The van der Waals surface area contributed by atoms with Crippen molar-refractivity contribution in [1.29, 1.82) is 0 Å². The predicted molar refractivity (Wildman–Crippen MR) is 103 cm³/mol. The summed E-state index contributed by atoms with van der Waals surface area (Å²) in [6.07, 6.45) is 11.6. The van der Waals surface area contributed by atoms with Crippen LogP contribution in [0.4, 0.5) is 0 Å². The van der Waals surface area contributed by atoms with Gasteiger partial charge >= 0.3 is 5.97 Å². The van der Waals surface area contributed by atoms with E-state index in [1.165, 1.54) is 7.11 Å². The summed E-state index contributed by atoms with van der Waals surface area (Å²) in [6.45, 7) is 0.167. The average molecular weight is 382 g/mol. The van der Waals surface area contributed by atoms with Crippen LogP contribution >= 0.6 is 0 Å². The standard InChI is InChI=1S/C21H34O6/c1-27-21(26)11-7-3-2-6-10-17-18(20(25)15-19(17)24)13-12-16(23)9-5-4-8-14-22/h2,6,12-13,16-18,20,22-23,25H,3-5,7-11,14-15H2,1H3/b6-2-,13-12+/t16-,17+,18+,20+/m0/s1. The van der Waals surface area contributed by atoms with E-state index >= 15 is 0 Å². The minimum atomic E-state index is -0.701. The van der Waals surface area contributed by atoms with Gasteiger partial charge in [-0.1, -0.05) is 37.1 Å². The maximum Gasteiger partial charge on any atom is 0.305 e. The summed E-state index contributed by atoms with van der Waals surface area (Å²) >= 11 is 0. The Hall–Kier alpha value is -1.50. The van der Waals surface area contributed by atoms with Crippen LogP contribution in [0.5, 0.6) is 0 Å². The highest BCUT2D eigenvalue weighted by atomic mass is 16.5. The number of methoxy groups -OCH3 is 1. The zero-order valence-electron chi connectivity index (χ0n) is 16.3. The van der Waals surface area contributed by atoms with Gasteiger partial charge in [0.2, 0.25) is 0 Å². The number of carbonyl (C=O) groups excluding carboxylic acids is 2. The van der Waals surface area contributed by atoms with E-state index in [1.807, 2.05) is 12.2 Å². The van der Waals surface area contributed by atoms with Gasteiger partial charge in [0.05, 0.1) is 19.3 Å². The van der Waals surface area contributed by atoms with Gasteiger partial charge in [-0.15, -0.1) is 0 Å². The number of hydrogen-bond acceptors (Lipinski definition) is 6. The Balaban J connectivity index is 2.43. The van der Waals surface area contributed by atoms with Crippen molar-refractivity contribution in [1.82, 2.24) is 0 Å². The van der Waals surface area contributed by atoms with Crippen LogP contribution in [0.15, 0.2) is 24.3 Å². The number of rotatable bonds is 13. The second kappa shape index (κ2) is 13.6. The van der Waals surface area contributed by atoms with Crippen molar-refractivity contribution < 1.29 is 29.6 Å². The molecule has 1 aliphatic carbocycles. The Kier molecular flexibility index (Phi) is 11.9. The molecule has 0 aliphatic heterocycles. The predicted octanol–water partition coefficient (Wildman–Crippen LogP) is 2.31. The second-order valence-electron chi connectivity index (χ2n) is 7.12. The fourth-order valence-corrected chi connectivity index (χ4v) is 3.35. The molecule has 0 aromatic heterocycles. The van der Waals surface area contributed by atoms with Crippen molar-refractivity contribution in [3.63, 3.8) is 0 Å². The zero-order valence-corrected chi connectivity index (χ0v) is 16.3.